The van der Waals surface area contributed by atoms with Crippen LogP contribution >= 0.6 is 22.9 Å². The van der Waals surface area contributed by atoms with Crippen molar-refractivity contribution in [2.45, 2.75) is 39.7 Å². The van der Waals surface area contributed by atoms with Crippen LogP contribution in [0.25, 0.3) is 0 Å². The fraction of sp³-hybridized carbons (Fsp3) is 0.500. The third kappa shape index (κ3) is 3.51. The molecule has 0 aromatic carbocycles. The second kappa shape index (κ2) is 6.12. The van der Waals surface area contributed by atoms with E-state index >= 15 is 0 Å². The summed E-state index contributed by atoms with van der Waals surface area (Å²) in [7, 11) is 0. The van der Waals surface area contributed by atoms with Gasteiger partial charge in [0, 0.05) is 27.7 Å². The second-order valence-electron chi connectivity index (χ2n) is 3.84. The molecule has 0 saturated heterocycles. The summed E-state index contributed by atoms with van der Waals surface area (Å²) in [5.41, 5.74) is 0. The SMILES string of the molecule is CCCc1nsc(NCc2ccc(CC)s2)n1. The van der Waals surface area contributed by atoms with Crippen molar-refractivity contribution in [2.24, 2.45) is 0 Å². The second-order valence-corrected chi connectivity index (χ2v) is 5.85. The van der Waals surface area contributed by atoms with Crippen LogP contribution in [0, 0.1) is 0 Å². The number of nitrogens with one attached hydrogen (secondary N) is 1. The maximum atomic E-state index is 4.44. The minimum Gasteiger partial charge on any atom is -0.355 e. The van der Waals surface area contributed by atoms with E-state index < -0.39 is 0 Å². The summed E-state index contributed by atoms with van der Waals surface area (Å²) in [6, 6.07) is 4.38. The Hall–Kier alpha value is -0.940. The third-order valence-corrected chi connectivity index (χ3v) is 4.36. The molecule has 2 aromatic rings. The summed E-state index contributed by atoms with van der Waals surface area (Å²) in [6.45, 7) is 5.18. The normalized spacial score (nSPS) is 10.7. The fourth-order valence-corrected chi connectivity index (χ4v) is 3.03. The molecule has 0 bridgehead atoms. The van der Waals surface area contributed by atoms with E-state index in [1.165, 1.54) is 21.3 Å². The number of hydrogen-bond acceptors (Lipinski definition) is 5. The molecule has 17 heavy (non-hydrogen) atoms. The minimum atomic E-state index is 0.853. The third-order valence-electron chi connectivity index (χ3n) is 2.42. The number of anilines is 1. The van der Waals surface area contributed by atoms with Gasteiger partial charge in [0.1, 0.15) is 5.82 Å². The van der Waals surface area contributed by atoms with Gasteiger partial charge in [0.15, 0.2) is 0 Å². The van der Waals surface area contributed by atoms with Gasteiger partial charge in [-0.2, -0.15) is 4.37 Å². The molecule has 2 rings (SSSR count). The lowest BCUT2D eigenvalue weighted by Crippen LogP contribution is -1.97. The van der Waals surface area contributed by atoms with Gasteiger partial charge in [0.05, 0.1) is 6.54 Å². The van der Waals surface area contributed by atoms with Gasteiger partial charge in [-0.3, -0.25) is 0 Å². The Morgan fingerprint density at radius 2 is 2.06 bits per heavy atom. The Morgan fingerprint density at radius 3 is 2.76 bits per heavy atom. The number of aromatic nitrogens is 2. The number of thiophene rings is 1. The molecular weight excluding hydrogens is 250 g/mol. The van der Waals surface area contributed by atoms with Crippen LogP contribution in [0.1, 0.15) is 35.8 Å². The van der Waals surface area contributed by atoms with Crippen LogP contribution in [-0.4, -0.2) is 9.36 Å². The Bertz CT molecular complexity index is 462. The molecule has 0 fully saturated rings. The van der Waals surface area contributed by atoms with Gasteiger partial charge < -0.3 is 5.32 Å². The molecule has 0 unspecified atom stereocenters. The molecule has 0 aliphatic heterocycles. The van der Waals surface area contributed by atoms with E-state index in [-0.39, 0.29) is 0 Å². The average Bonchev–Trinajstić information content (AvgIpc) is 2.95. The van der Waals surface area contributed by atoms with E-state index in [4.69, 9.17) is 0 Å². The number of aryl methyl sites for hydroxylation is 2. The predicted molar refractivity (Wildman–Crippen MR) is 74.9 cm³/mol. The topological polar surface area (TPSA) is 37.8 Å². The van der Waals surface area contributed by atoms with Gasteiger partial charge in [-0.1, -0.05) is 13.8 Å². The smallest absolute Gasteiger partial charge is 0.202 e. The molecule has 5 heteroatoms. The van der Waals surface area contributed by atoms with Crippen LogP contribution in [0.3, 0.4) is 0 Å². The molecule has 0 aliphatic carbocycles. The first-order valence-corrected chi connectivity index (χ1v) is 7.54. The van der Waals surface area contributed by atoms with Crippen LogP contribution in [0.4, 0.5) is 5.13 Å². The van der Waals surface area contributed by atoms with E-state index in [9.17, 15) is 0 Å². The summed E-state index contributed by atoms with van der Waals surface area (Å²) < 4.78 is 4.31. The lowest BCUT2D eigenvalue weighted by molar-refractivity contribution is 0.861. The maximum Gasteiger partial charge on any atom is 0.202 e. The van der Waals surface area contributed by atoms with Crippen LogP contribution in [0.15, 0.2) is 12.1 Å². The molecule has 0 aliphatic rings. The Kier molecular flexibility index (Phi) is 4.50. The summed E-state index contributed by atoms with van der Waals surface area (Å²) in [6.07, 6.45) is 3.18. The Balaban J connectivity index is 1.88. The van der Waals surface area contributed by atoms with Crippen molar-refractivity contribution >= 4 is 28.0 Å². The molecule has 2 heterocycles. The molecule has 0 radical (unpaired) electrons. The monoisotopic (exact) mass is 267 g/mol. The van der Waals surface area contributed by atoms with Gasteiger partial charge in [0.2, 0.25) is 5.13 Å². The van der Waals surface area contributed by atoms with E-state index in [2.05, 4.69) is 40.7 Å². The van der Waals surface area contributed by atoms with Crippen LogP contribution in [0.5, 0.6) is 0 Å². The maximum absolute atomic E-state index is 4.44. The number of hydrogen-bond donors (Lipinski definition) is 1. The van der Waals surface area contributed by atoms with E-state index in [1.807, 2.05) is 11.3 Å². The average molecular weight is 267 g/mol. The molecule has 92 valence electrons. The zero-order valence-corrected chi connectivity index (χ0v) is 11.8. The van der Waals surface area contributed by atoms with E-state index in [1.54, 1.807) is 0 Å². The lowest BCUT2D eigenvalue weighted by atomic mass is 10.3. The first kappa shape index (κ1) is 12.5. The standard InChI is InChI=1S/C12H17N3S2/c1-3-5-11-14-12(17-15-11)13-8-10-7-6-9(4-2)16-10/h6-7H,3-5,8H2,1-2H3,(H,13,14,15). The van der Waals surface area contributed by atoms with Crippen molar-refractivity contribution in [3.63, 3.8) is 0 Å². The fourth-order valence-electron chi connectivity index (χ4n) is 1.52. The number of nitrogens with zero attached hydrogens (tertiary/aromatic N) is 2. The molecule has 3 nitrogen and oxygen atoms in total. The minimum absolute atomic E-state index is 0.853. The highest BCUT2D eigenvalue weighted by Gasteiger charge is 2.03. The molecule has 0 saturated carbocycles. The van der Waals surface area contributed by atoms with E-state index in [0.29, 0.717) is 0 Å². The van der Waals surface area contributed by atoms with Gasteiger partial charge in [-0.25, -0.2) is 4.98 Å². The van der Waals surface area contributed by atoms with Crippen molar-refractivity contribution in [2.75, 3.05) is 5.32 Å². The molecule has 0 amide bonds. The quantitative estimate of drug-likeness (QED) is 0.866. The summed E-state index contributed by atoms with van der Waals surface area (Å²) in [4.78, 5) is 7.23. The van der Waals surface area contributed by atoms with E-state index in [0.717, 1.165) is 36.8 Å². The van der Waals surface area contributed by atoms with Crippen molar-refractivity contribution < 1.29 is 0 Å². The highest BCUT2D eigenvalue weighted by Crippen LogP contribution is 2.19. The molecule has 2 aromatic heterocycles. The zero-order valence-electron chi connectivity index (χ0n) is 10.2. The predicted octanol–water partition coefficient (Wildman–Crippen LogP) is 3.73. The van der Waals surface area contributed by atoms with Gasteiger partial charge in [0.25, 0.3) is 0 Å². The number of rotatable bonds is 6. The van der Waals surface area contributed by atoms with Crippen molar-refractivity contribution in [1.29, 1.82) is 0 Å². The molecule has 0 spiro atoms. The van der Waals surface area contributed by atoms with Crippen molar-refractivity contribution in [3.8, 4) is 0 Å². The molecule has 1 N–H and O–H groups in total. The van der Waals surface area contributed by atoms with Crippen molar-refractivity contribution in [1.82, 2.24) is 9.36 Å². The van der Waals surface area contributed by atoms with Crippen molar-refractivity contribution in [3.05, 3.63) is 27.7 Å². The van der Waals surface area contributed by atoms with Crippen LogP contribution in [-0.2, 0) is 19.4 Å². The highest BCUT2D eigenvalue weighted by atomic mass is 32.1. The molecular formula is C12H17N3S2. The van der Waals surface area contributed by atoms with Crippen LogP contribution in [0.2, 0.25) is 0 Å². The van der Waals surface area contributed by atoms with Crippen LogP contribution < -0.4 is 5.32 Å². The molecule has 0 atom stereocenters. The van der Waals surface area contributed by atoms with Gasteiger partial charge in [-0.15, -0.1) is 11.3 Å². The first-order chi connectivity index (χ1) is 8.31. The largest absolute Gasteiger partial charge is 0.355 e. The summed E-state index contributed by atoms with van der Waals surface area (Å²) in [5.74, 6) is 0.959. The zero-order chi connectivity index (χ0) is 12.1. The first-order valence-electron chi connectivity index (χ1n) is 5.95. The van der Waals surface area contributed by atoms with Gasteiger partial charge in [-0.05, 0) is 25.0 Å². The summed E-state index contributed by atoms with van der Waals surface area (Å²) in [5, 5.41) is 4.26. The lowest BCUT2D eigenvalue weighted by Gasteiger charge is -1.98. The van der Waals surface area contributed by atoms with Gasteiger partial charge >= 0.3 is 0 Å². The highest BCUT2D eigenvalue weighted by molar-refractivity contribution is 7.12. The summed E-state index contributed by atoms with van der Waals surface area (Å²) >= 11 is 3.32. The Labute approximate surface area is 110 Å². The Morgan fingerprint density at radius 1 is 1.24 bits per heavy atom.